The van der Waals surface area contributed by atoms with Crippen LogP contribution in [0.1, 0.15) is 24.9 Å². The van der Waals surface area contributed by atoms with Crippen LogP contribution in [0.25, 0.3) is 0 Å². The van der Waals surface area contributed by atoms with Crippen LogP contribution >= 0.6 is 0 Å². The number of aryl methyl sites for hydroxylation is 1. The molecule has 0 saturated carbocycles. The van der Waals surface area contributed by atoms with Crippen molar-refractivity contribution in [2.24, 2.45) is 0 Å². The summed E-state index contributed by atoms with van der Waals surface area (Å²) in [5.74, 6) is 1.07. The van der Waals surface area contributed by atoms with Gasteiger partial charge in [0.25, 0.3) is 0 Å². The summed E-state index contributed by atoms with van der Waals surface area (Å²) < 4.78 is 2.17. The van der Waals surface area contributed by atoms with Crippen molar-refractivity contribution in [3.05, 3.63) is 42.5 Å². The highest BCUT2D eigenvalue weighted by atomic mass is 15.1. The molecule has 0 radical (unpaired) electrons. The second kappa shape index (κ2) is 6.10. The number of nitrogens with one attached hydrogen (secondary N) is 1. The molecule has 0 spiro atoms. The zero-order valence-electron chi connectivity index (χ0n) is 10.0. The van der Waals surface area contributed by atoms with Crippen molar-refractivity contribution in [2.75, 3.05) is 0 Å². The minimum atomic E-state index is 0.738. The average molecular weight is 231 g/mol. The van der Waals surface area contributed by atoms with Gasteiger partial charge < -0.3 is 9.88 Å². The predicted octanol–water partition coefficient (Wildman–Crippen LogP) is 1.37. The van der Waals surface area contributed by atoms with E-state index >= 15 is 0 Å². The minimum absolute atomic E-state index is 0.738. The standard InChI is InChI=1S/C12H17N5/c1-2-6-17-7-5-15-12(17)9-14-8-11-3-4-13-10-16-11/h3-5,7,10,14H,2,6,8-9H2,1H3. The van der Waals surface area contributed by atoms with Crippen molar-refractivity contribution in [2.45, 2.75) is 33.0 Å². The van der Waals surface area contributed by atoms with Crippen LogP contribution in [0.2, 0.25) is 0 Å². The number of rotatable bonds is 6. The van der Waals surface area contributed by atoms with Gasteiger partial charge in [-0.25, -0.2) is 15.0 Å². The summed E-state index contributed by atoms with van der Waals surface area (Å²) in [6, 6.07) is 1.91. The van der Waals surface area contributed by atoms with E-state index in [0.29, 0.717) is 0 Å². The molecule has 0 aliphatic rings. The lowest BCUT2D eigenvalue weighted by Gasteiger charge is -2.07. The van der Waals surface area contributed by atoms with Crippen LogP contribution in [0.5, 0.6) is 0 Å². The van der Waals surface area contributed by atoms with Crippen LogP contribution in [-0.4, -0.2) is 19.5 Å². The summed E-state index contributed by atoms with van der Waals surface area (Å²) in [5, 5.41) is 3.33. The van der Waals surface area contributed by atoms with E-state index in [9.17, 15) is 0 Å². The Morgan fingerprint density at radius 3 is 2.94 bits per heavy atom. The number of nitrogens with zero attached hydrogens (tertiary/aromatic N) is 4. The zero-order chi connectivity index (χ0) is 11.9. The molecule has 1 N–H and O–H groups in total. The number of hydrogen-bond acceptors (Lipinski definition) is 4. The van der Waals surface area contributed by atoms with Gasteiger partial charge in [0, 0.05) is 31.7 Å². The molecule has 0 bridgehead atoms. The molecule has 0 fully saturated rings. The van der Waals surface area contributed by atoms with Crippen molar-refractivity contribution in [3.63, 3.8) is 0 Å². The van der Waals surface area contributed by atoms with Crippen LogP contribution in [-0.2, 0) is 19.6 Å². The van der Waals surface area contributed by atoms with Gasteiger partial charge in [0.1, 0.15) is 12.2 Å². The molecular weight excluding hydrogens is 214 g/mol. The third-order valence-electron chi connectivity index (χ3n) is 2.50. The SMILES string of the molecule is CCCn1ccnc1CNCc1ccncn1. The van der Waals surface area contributed by atoms with Gasteiger partial charge in [-0.3, -0.25) is 0 Å². The van der Waals surface area contributed by atoms with Gasteiger partial charge in [-0.2, -0.15) is 0 Å². The molecule has 5 heteroatoms. The Labute approximate surface area is 101 Å². The summed E-state index contributed by atoms with van der Waals surface area (Å²) in [6.07, 6.45) is 8.30. The average Bonchev–Trinajstić information content (AvgIpc) is 2.79. The Kier molecular flexibility index (Phi) is 4.21. The Morgan fingerprint density at radius 1 is 1.24 bits per heavy atom. The number of imidazole rings is 1. The van der Waals surface area contributed by atoms with Gasteiger partial charge in [0.15, 0.2) is 0 Å². The molecule has 5 nitrogen and oxygen atoms in total. The summed E-state index contributed by atoms with van der Waals surface area (Å²) in [5.41, 5.74) is 0.994. The Balaban J connectivity index is 1.84. The summed E-state index contributed by atoms with van der Waals surface area (Å²) in [7, 11) is 0. The van der Waals surface area contributed by atoms with E-state index in [4.69, 9.17) is 0 Å². The second-order valence-corrected chi connectivity index (χ2v) is 3.84. The molecule has 2 rings (SSSR count). The topological polar surface area (TPSA) is 55.6 Å². The lowest BCUT2D eigenvalue weighted by Crippen LogP contribution is -2.17. The first kappa shape index (κ1) is 11.7. The van der Waals surface area contributed by atoms with E-state index in [1.807, 2.05) is 18.5 Å². The maximum absolute atomic E-state index is 4.33. The first-order chi connectivity index (χ1) is 8.40. The smallest absolute Gasteiger partial charge is 0.122 e. The maximum Gasteiger partial charge on any atom is 0.122 e. The monoisotopic (exact) mass is 231 g/mol. The van der Waals surface area contributed by atoms with E-state index in [-0.39, 0.29) is 0 Å². The Hall–Kier alpha value is -1.75. The second-order valence-electron chi connectivity index (χ2n) is 3.84. The van der Waals surface area contributed by atoms with Crippen LogP contribution in [0.3, 0.4) is 0 Å². The van der Waals surface area contributed by atoms with E-state index in [1.54, 1.807) is 12.5 Å². The predicted molar refractivity (Wildman–Crippen MR) is 65.1 cm³/mol. The number of hydrogen-bond donors (Lipinski definition) is 1. The molecule has 0 unspecified atom stereocenters. The zero-order valence-corrected chi connectivity index (χ0v) is 10.0. The first-order valence-corrected chi connectivity index (χ1v) is 5.85. The summed E-state index contributed by atoms with van der Waals surface area (Å²) in [6.45, 7) is 4.68. The fourth-order valence-corrected chi connectivity index (χ4v) is 1.68. The highest BCUT2D eigenvalue weighted by Crippen LogP contribution is 1.99. The molecule has 0 saturated heterocycles. The molecule has 0 aliphatic carbocycles. The van der Waals surface area contributed by atoms with E-state index in [2.05, 4.69) is 31.8 Å². The minimum Gasteiger partial charge on any atom is -0.334 e. The van der Waals surface area contributed by atoms with Crippen LogP contribution in [0, 0.1) is 0 Å². The largest absolute Gasteiger partial charge is 0.334 e. The van der Waals surface area contributed by atoms with Gasteiger partial charge in [-0.05, 0) is 12.5 Å². The van der Waals surface area contributed by atoms with E-state index < -0.39 is 0 Å². The number of aromatic nitrogens is 4. The van der Waals surface area contributed by atoms with E-state index in [0.717, 1.165) is 37.6 Å². The molecule has 2 aromatic heterocycles. The third-order valence-corrected chi connectivity index (χ3v) is 2.50. The molecule has 2 heterocycles. The van der Waals surface area contributed by atoms with Crippen molar-refractivity contribution in [1.82, 2.24) is 24.8 Å². The van der Waals surface area contributed by atoms with Crippen molar-refractivity contribution in [1.29, 1.82) is 0 Å². The van der Waals surface area contributed by atoms with E-state index in [1.165, 1.54) is 0 Å². The normalized spacial score (nSPS) is 10.6. The van der Waals surface area contributed by atoms with Crippen LogP contribution < -0.4 is 5.32 Å². The van der Waals surface area contributed by atoms with Gasteiger partial charge in [0.2, 0.25) is 0 Å². The Morgan fingerprint density at radius 2 is 2.18 bits per heavy atom. The van der Waals surface area contributed by atoms with Gasteiger partial charge in [-0.15, -0.1) is 0 Å². The molecular formula is C12H17N5. The molecule has 90 valence electrons. The van der Waals surface area contributed by atoms with Crippen LogP contribution in [0.15, 0.2) is 31.0 Å². The maximum atomic E-state index is 4.33. The lowest BCUT2D eigenvalue weighted by molar-refractivity contribution is 0.584. The Bertz CT molecular complexity index is 437. The molecule has 2 aromatic rings. The summed E-state index contributed by atoms with van der Waals surface area (Å²) in [4.78, 5) is 12.4. The van der Waals surface area contributed by atoms with Gasteiger partial charge >= 0.3 is 0 Å². The van der Waals surface area contributed by atoms with Gasteiger partial charge in [-0.1, -0.05) is 6.92 Å². The fourth-order valence-electron chi connectivity index (χ4n) is 1.68. The molecule has 0 amide bonds. The van der Waals surface area contributed by atoms with Gasteiger partial charge in [0.05, 0.1) is 12.2 Å². The lowest BCUT2D eigenvalue weighted by atomic mass is 10.4. The first-order valence-electron chi connectivity index (χ1n) is 5.85. The molecule has 0 aromatic carbocycles. The van der Waals surface area contributed by atoms with Crippen molar-refractivity contribution >= 4 is 0 Å². The van der Waals surface area contributed by atoms with Crippen LogP contribution in [0.4, 0.5) is 0 Å². The fraction of sp³-hybridized carbons (Fsp3) is 0.417. The quantitative estimate of drug-likeness (QED) is 0.816. The highest BCUT2D eigenvalue weighted by Gasteiger charge is 2.01. The highest BCUT2D eigenvalue weighted by molar-refractivity contribution is 4.98. The molecule has 0 aliphatic heterocycles. The van der Waals surface area contributed by atoms with Crippen molar-refractivity contribution in [3.8, 4) is 0 Å². The molecule has 17 heavy (non-hydrogen) atoms. The molecule has 0 atom stereocenters. The third kappa shape index (κ3) is 3.35. The summed E-state index contributed by atoms with van der Waals surface area (Å²) >= 11 is 0. The van der Waals surface area contributed by atoms with Crippen molar-refractivity contribution < 1.29 is 0 Å².